The quantitative estimate of drug-likeness (QED) is 0.344. The van der Waals surface area contributed by atoms with Crippen molar-refractivity contribution < 1.29 is 27.8 Å². The number of esters is 1. The van der Waals surface area contributed by atoms with Crippen LogP contribution in [0.5, 0.6) is 0 Å². The van der Waals surface area contributed by atoms with Crippen molar-refractivity contribution in [2.24, 2.45) is 7.05 Å². The molecule has 9 nitrogen and oxygen atoms in total. The molecule has 0 aliphatic carbocycles. The molecule has 12 heteroatoms. The van der Waals surface area contributed by atoms with Gasteiger partial charge in [-0.2, -0.15) is 0 Å². The number of ether oxygens (including phenoxy) is 2. The number of carbonyl (C=O) groups is 2. The lowest BCUT2D eigenvalue weighted by molar-refractivity contribution is -0.141. The summed E-state index contributed by atoms with van der Waals surface area (Å²) in [5, 5.41) is 0.807. The molecular formula is C25H35F2N5O4S. The number of halogens is 2. The zero-order chi connectivity index (χ0) is 27.4. The van der Waals surface area contributed by atoms with Gasteiger partial charge in [0, 0.05) is 56.7 Å². The van der Waals surface area contributed by atoms with E-state index in [0.717, 1.165) is 15.8 Å². The smallest absolute Gasteiger partial charge is 0.416 e. The van der Waals surface area contributed by atoms with Crippen LogP contribution in [0.25, 0.3) is 0 Å². The van der Waals surface area contributed by atoms with Gasteiger partial charge in [-0.1, -0.05) is 11.8 Å². The fourth-order valence-corrected chi connectivity index (χ4v) is 4.55. The zero-order valence-electron chi connectivity index (χ0n) is 22.2. The van der Waals surface area contributed by atoms with E-state index in [1.165, 1.54) is 11.8 Å². The molecule has 3 heterocycles. The van der Waals surface area contributed by atoms with Crippen LogP contribution in [0.4, 0.5) is 25.1 Å². The molecule has 1 aliphatic heterocycles. The number of amides is 1. The van der Waals surface area contributed by atoms with Gasteiger partial charge in [-0.25, -0.2) is 23.5 Å². The second kappa shape index (κ2) is 11.7. The van der Waals surface area contributed by atoms with E-state index in [4.69, 9.17) is 9.47 Å². The first kappa shape index (κ1) is 28.7. The van der Waals surface area contributed by atoms with E-state index in [0.29, 0.717) is 17.1 Å². The molecule has 1 aliphatic rings. The molecule has 37 heavy (non-hydrogen) atoms. The van der Waals surface area contributed by atoms with Crippen LogP contribution in [0.3, 0.4) is 0 Å². The normalized spacial score (nSPS) is 15.4. The predicted octanol–water partition coefficient (Wildman–Crippen LogP) is 4.96. The van der Waals surface area contributed by atoms with Crippen LogP contribution in [0.1, 0.15) is 52.1 Å². The lowest BCUT2D eigenvalue weighted by atomic mass is 10.1. The van der Waals surface area contributed by atoms with Gasteiger partial charge < -0.3 is 18.9 Å². The molecule has 1 saturated heterocycles. The van der Waals surface area contributed by atoms with Crippen LogP contribution >= 0.6 is 11.8 Å². The summed E-state index contributed by atoms with van der Waals surface area (Å²) in [7, 11) is 1.91. The molecule has 2 aromatic rings. The second-order valence-corrected chi connectivity index (χ2v) is 10.9. The van der Waals surface area contributed by atoms with Crippen LogP contribution in [0.15, 0.2) is 23.4 Å². The highest BCUT2D eigenvalue weighted by Gasteiger charge is 2.35. The Labute approximate surface area is 220 Å². The number of hydrogen-bond donors (Lipinski definition) is 0. The maximum absolute atomic E-state index is 13.8. The Morgan fingerprint density at radius 1 is 1.19 bits per heavy atom. The minimum atomic E-state index is -2.70. The van der Waals surface area contributed by atoms with Crippen LogP contribution in [0, 0.1) is 6.92 Å². The third-order valence-electron chi connectivity index (χ3n) is 5.65. The first-order valence-corrected chi connectivity index (χ1v) is 13.2. The van der Waals surface area contributed by atoms with E-state index in [1.54, 1.807) is 33.8 Å². The molecule has 0 bridgehead atoms. The Kier molecular flexibility index (Phi) is 9.04. The molecule has 2 aromatic heterocycles. The standard InChI is InChI=1S/C25H35F2N5O4S/c1-7-35-22(33)15-32(23(34)36-24(3,4)5)20-13-19(31-10-8-25(26,27)9-11-31)12-18(29-20)16-37-21-14-30(6)17(2)28-21/h12-14H,7-11,15-16H2,1-6H3. The van der Waals surface area contributed by atoms with E-state index >= 15 is 0 Å². The number of anilines is 2. The van der Waals surface area contributed by atoms with Gasteiger partial charge in [-0.15, -0.1) is 0 Å². The van der Waals surface area contributed by atoms with Gasteiger partial charge >= 0.3 is 12.1 Å². The minimum absolute atomic E-state index is 0.155. The fourth-order valence-electron chi connectivity index (χ4n) is 3.68. The summed E-state index contributed by atoms with van der Waals surface area (Å²) in [5.41, 5.74) is 0.441. The van der Waals surface area contributed by atoms with Gasteiger partial charge in [0.15, 0.2) is 0 Å². The Morgan fingerprint density at radius 2 is 1.86 bits per heavy atom. The van der Waals surface area contributed by atoms with Gasteiger partial charge in [-0.05, 0) is 40.7 Å². The van der Waals surface area contributed by atoms with E-state index < -0.39 is 30.1 Å². The van der Waals surface area contributed by atoms with Crippen molar-refractivity contribution in [1.82, 2.24) is 14.5 Å². The monoisotopic (exact) mass is 539 g/mol. The number of thioether (sulfide) groups is 1. The van der Waals surface area contributed by atoms with Crippen LogP contribution in [0.2, 0.25) is 0 Å². The molecule has 204 valence electrons. The van der Waals surface area contributed by atoms with Crippen molar-refractivity contribution >= 4 is 35.3 Å². The summed E-state index contributed by atoms with van der Waals surface area (Å²) in [5.74, 6) is -1.84. The molecule has 0 unspecified atom stereocenters. The van der Waals surface area contributed by atoms with Gasteiger partial charge in [-0.3, -0.25) is 9.69 Å². The predicted molar refractivity (Wildman–Crippen MR) is 138 cm³/mol. The first-order valence-electron chi connectivity index (χ1n) is 12.2. The average Bonchev–Trinajstić information content (AvgIpc) is 3.12. The number of aromatic nitrogens is 3. The molecular weight excluding hydrogens is 504 g/mol. The Hall–Kier alpha value is -2.89. The summed E-state index contributed by atoms with van der Waals surface area (Å²) in [6.07, 6.45) is 0.626. The molecule has 0 saturated carbocycles. The number of aryl methyl sites for hydroxylation is 2. The zero-order valence-corrected chi connectivity index (χ0v) is 23.0. The highest BCUT2D eigenvalue weighted by molar-refractivity contribution is 7.98. The number of pyridine rings is 1. The minimum Gasteiger partial charge on any atom is -0.465 e. The largest absolute Gasteiger partial charge is 0.465 e. The van der Waals surface area contributed by atoms with Crippen molar-refractivity contribution in [3.63, 3.8) is 0 Å². The van der Waals surface area contributed by atoms with Crippen molar-refractivity contribution in [2.45, 2.75) is 69.8 Å². The molecule has 1 fully saturated rings. The number of rotatable bonds is 8. The third kappa shape index (κ3) is 8.31. The number of alkyl halides is 2. The molecule has 3 rings (SSSR count). The third-order valence-corrected chi connectivity index (χ3v) is 6.58. The SMILES string of the molecule is CCOC(=O)CN(C(=O)OC(C)(C)C)c1cc(N2CCC(F)(F)CC2)cc(CSc2cn(C)c(C)n2)n1. The second-order valence-electron chi connectivity index (χ2n) is 9.92. The summed E-state index contributed by atoms with van der Waals surface area (Å²) < 4.78 is 40.2. The average molecular weight is 540 g/mol. The van der Waals surface area contributed by atoms with Gasteiger partial charge in [0.2, 0.25) is 0 Å². The van der Waals surface area contributed by atoms with Crippen LogP contribution in [-0.2, 0) is 27.1 Å². The van der Waals surface area contributed by atoms with Crippen LogP contribution in [-0.4, -0.2) is 64.4 Å². The van der Waals surface area contributed by atoms with Crippen molar-refractivity contribution in [3.05, 3.63) is 29.8 Å². The molecule has 0 spiro atoms. The topological polar surface area (TPSA) is 89.8 Å². The highest BCUT2D eigenvalue weighted by atomic mass is 32.2. The summed E-state index contributed by atoms with van der Waals surface area (Å²) in [6.45, 7) is 8.83. The van der Waals surface area contributed by atoms with Gasteiger partial charge in [0.25, 0.3) is 5.92 Å². The summed E-state index contributed by atoms with van der Waals surface area (Å²) in [4.78, 5) is 37.6. The number of imidazole rings is 1. The van der Waals surface area contributed by atoms with E-state index in [2.05, 4.69) is 9.97 Å². The molecule has 0 radical (unpaired) electrons. The number of carbonyl (C=O) groups excluding carboxylic acids is 2. The fraction of sp³-hybridized carbons (Fsp3) is 0.600. The van der Waals surface area contributed by atoms with Gasteiger partial charge in [0.1, 0.15) is 28.8 Å². The number of piperidine rings is 1. The van der Waals surface area contributed by atoms with Crippen molar-refractivity contribution in [1.29, 1.82) is 0 Å². The maximum atomic E-state index is 13.8. The van der Waals surface area contributed by atoms with E-state index in [1.807, 2.05) is 35.7 Å². The highest BCUT2D eigenvalue weighted by Crippen LogP contribution is 2.33. The van der Waals surface area contributed by atoms with Crippen molar-refractivity contribution in [2.75, 3.05) is 36.0 Å². The Morgan fingerprint density at radius 3 is 2.43 bits per heavy atom. The van der Waals surface area contributed by atoms with Crippen LogP contribution < -0.4 is 9.80 Å². The summed E-state index contributed by atoms with van der Waals surface area (Å²) >= 11 is 1.47. The maximum Gasteiger partial charge on any atom is 0.416 e. The van der Waals surface area contributed by atoms with Crippen molar-refractivity contribution in [3.8, 4) is 0 Å². The van der Waals surface area contributed by atoms with E-state index in [9.17, 15) is 18.4 Å². The molecule has 0 atom stereocenters. The number of nitrogens with zero attached hydrogens (tertiary/aromatic N) is 5. The van der Waals surface area contributed by atoms with E-state index in [-0.39, 0.29) is 38.4 Å². The Bertz CT molecular complexity index is 1090. The molecule has 0 aromatic carbocycles. The molecule has 0 N–H and O–H groups in total. The lowest BCUT2D eigenvalue weighted by Crippen LogP contribution is -2.42. The molecule has 1 amide bonds. The number of hydrogen-bond acceptors (Lipinski definition) is 8. The summed E-state index contributed by atoms with van der Waals surface area (Å²) in [6, 6.07) is 3.46. The van der Waals surface area contributed by atoms with Gasteiger partial charge in [0.05, 0.1) is 12.3 Å². The lowest BCUT2D eigenvalue weighted by Gasteiger charge is -2.34. The Balaban J connectivity index is 1.97. The first-order chi connectivity index (χ1) is 17.3.